The average Bonchev–Trinajstić information content (AvgIpc) is 2.73. The van der Waals surface area contributed by atoms with E-state index in [0.29, 0.717) is 18.3 Å². The smallest absolute Gasteiger partial charge is 0.262 e. The fourth-order valence-corrected chi connectivity index (χ4v) is 2.70. The molecule has 7 heteroatoms. The van der Waals surface area contributed by atoms with Gasteiger partial charge in [0.05, 0.1) is 11.3 Å². The highest BCUT2D eigenvalue weighted by Crippen LogP contribution is 2.18. The van der Waals surface area contributed by atoms with Crippen LogP contribution >= 0.6 is 0 Å². The van der Waals surface area contributed by atoms with Gasteiger partial charge >= 0.3 is 0 Å². The molecule has 3 aromatic carbocycles. The fraction of sp³-hybridized carbons (Fsp3) is 0.130. The van der Waals surface area contributed by atoms with Gasteiger partial charge in [-0.05, 0) is 36.8 Å². The number of hydrogen-bond acceptors (Lipinski definition) is 3. The number of carbonyl (C=O) groups is 2. The van der Waals surface area contributed by atoms with Gasteiger partial charge in [0.15, 0.2) is 18.2 Å². The quantitative estimate of drug-likeness (QED) is 0.613. The molecule has 30 heavy (non-hydrogen) atoms. The van der Waals surface area contributed by atoms with E-state index in [2.05, 4.69) is 10.6 Å². The molecule has 2 amide bonds. The van der Waals surface area contributed by atoms with Crippen LogP contribution in [0, 0.1) is 18.6 Å². The zero-order chi connectivity index (χ0) is 21.5. The number of nitrogens with one attached hydrogen (secondary N) is 2. The number of aryl methyl sites for hydroxylation is 1. The van der Waals surface area contributed by atoms with Gasteiger partial charge in [-0.2, -0.15) is 0 Å². The Labute approximate surface area is 172 Å². The first-order valence-electron chi connectivity index (χ1n) is 9.23. The highest BCUT2D eigenvalue weighted by molar-refractivity contribution is 6.04. The number of ether oxygens (including phenoxy) is 1. The molecule has 0 aromatic heterocycles. The van der Waals surface area contributed by atoms with E-state index in [-0.39, 0.29) is 17.2 Å². The predicted molar refractivity (Wildman–Crippen MR) is 109 cm³/mol. The number of carbonyl (C=O) groups excluding carboxylic acids is 2. The second kappa shape index (κ2) is 9.65. The SMILES string of the molecule is Cc1ccc(CNC(=O)c2ccccc2NC(=O)COc2ccc(F)cc2F)cc1. The molecule has 3 rings (SSSR count). The molecule has 0 fully saturated rings. The molecule has 0 unspecified atom stereocenters. The van der Waals surface area contributed by atoms with Gasteiger partial charge in [0.25, 0.3) is 11.8 Å². The summed E-state index contributed by atoms with van der Waals surface area (Å²) in [5.41, 5.74) is 2.66. The van der Waals surface area contributed by atoms with Crippen LogP contribution in [0.15, 0.2) is 66.7 Å². The maximum Gasteiger partial charge on any atom is 0.262 e. The lowest BCUT2D eigenvalue weighted by molar-refractivity contribution is -0.118. The molecule has 3 aromatic rings. The second-order valence-electron chi connectivity index (χ2n) is 6.63. The molecule has 5 nitrogen and oxygen atoms in total. The third-order valence-corrected chi connectivity index (χ3v) is 4.27. The van der Waals surface area contributed by atoms with Gasteiger partial charge < -0.3 is 15.4 Å². The Morgan fingerprint density at radius 2 is 1.70 bits per heavy atom. The summed E-state index contributed by atoms with van der Waals surface area (Å²) in [5.74, 6) is -2.82. The van der Waals surface area contributed by atoms with Crippen molar-refractivity contribution in [3.05, 3.63) is 95.1 Å². The van der Waals surface area contributed by atoms with Crippen molar-refractivity contribution in [1.82, 2.24) is 5.32 Å². The summed E-state index contributed by atoms with van der Waals surface area (Å²) in [6.45, 7) is 1.83. The van der Waals surface area contributed by atoms with E-state index in [9.17, 15) is 18.4 Å². The summed E-state index contributed by atoms with van der Waals surface area (Å²) in [7, 11) is 0. The molecule has 0 heterocycles. The van der Waals surface area contributed by atoms with Crippen LogP contribution in [0.1, 0.15) is 21.5 Å². The lowest BCUT2D eigenvalue weighted by atomic mass is 10.1. The highest BCUT2D eigenvalue weighted by atomic mass is 19.1. The van der Waals surface area contributed by atoms with Crippen LogP contribution in [0.5, 0.6) is 5.75 Å². The third kappa shape index (κ3) is 5.64. The molecular formula is C23H20F2N2O3. The van der Waals surface area contributed by atoms with E-state index in [1.165, 1.54) is 0 Å². The molecule has 0 aliphatic carbocycles. The van der Waals surface area contributed by atoms with Crippen LogP contribution in [-0.4, -0.2) is 18.4 Å². The Bertz CT molecular complexity index is 1050. The molecule has 0 spiro atoms. The predicted octanol–water partition coefficient (Wildman–Crippen LogP) is 4.22. The number of amides is 2. The Kier molecular flexibility index (Phi) is 6.75. The lowest BCUT2D eigenvalue weighted by Gasteiger charge is -2.12. The summed E-state index contributed by atoms with van der Waals surface area (Å²) in [6.07, 6.45) is 0. The van der Waals surface area contributed by atoms with Gasteiger partial charge in [-0.3, -0.25) is 9.59 Å². The van der Waals surface area contributed by atoms with Gasteiger partial charge in [-0.1, -0.05) is 42.0 Å². The molecule has 0 radical (unpaired) electrons. The first kappa shape index (κ1) is 21.0. The normalized spacial score (nSPS) is 10.4. The van der Waals surface area contributed by atoms with Crippen LogP contribution in [-0.2, 0) is 11.3 Å². The molecule has 0 aliphatic rings. The number of rotatable bonds is 7. The van der Waals surface area contributed by atoms with Crippen LogP contribution < -0.4 is 15.4 Å². The van der Waals surface area contributed by atoms with Crippen LogP contribution in [0.3, 0.4) is 0 Å². The van der Waals surface area contributed by atoms with E-state index < -0.39 is 24.1 Å². The van der Waals surface area contributed by atoms with Crippen molar-refractivity contribution in [2.24, 2.45) is 0 Å². The van der Waals surface area contributed by atoms with E-state index in [4.69, 9.17) is 4.74 Å². The fourth-order valence-electron chi connectivity index (χ4n) is 2.70. The molecule has 0 aliphatic heterocycles. The first-order chi connectivity index (χ1) is 14.4. The standard InChI is InChI=1S/C23H20F2N2O3/c1-15-6-8-16(9-7-15)13-26-23(29)18-4-2-3-5-20(18)27-22(28)14-30-21-11-10-17(24)12-19(21)25/h2-12H,13-14H2,1H3,(H,26,29)(H,27,28). The van der Waals surface area contributed by atoms with Crippen molar-refractivity contribution >= 4 is 17.5 Å². The minimum atomic E-state index is -0.904. The summed E-state index contributed by atoms with van der Waals surface area (Å²) in [6, 6.07) is 17.1. The number of benzene rings is 3. The van der Waals surface area contributed by atoms with Crippen molar-refractivity contribution in [1.29, 1.82) is 0 Å². The van der Waals surface area contributed by atoms with Crippen molar-refractivity contribution in [3.8, 4) is 5.75 Å². The van der Waals surface area contributed by atoms with E-state index >= 15 is 0 Å². The van der Waals surface area contributed by atoms with Crippen LogP contribution in [0.25, 0.3) is 0 Å². The largest absolute Gasteiger partial charge is 0.481 e. The van der Waals surface area contributed by atoms with Crippen LogP contribution in [0.2, 0.25) is 0 Å². The maximum atomic E-state index is 13.6. The van der Waals surface area contributed by atoms with Gasteiger partial charge in [0, 0.05) is 12.6 Å². The van der Waals surface area contributed by atoms with Gasteiger partial charge in [0.1, 0.15) is 5.82 Å². The summed E-state index contributed by atoms with van der Waals surface area (Å²) < 4.78 is 31.6. The van der Waals surface area contributed by atoms with Crippen molar-refractivity contribution in [2.75, 3.05) is 11.9 Å². The highest BCUT2D eigenvalue weighted by Gasteiger charge is 2.14. The van der Waals surface area contributed by atoms with Gasteiger partial charge in [-0.15, -0.1) is 0 Å². The van der Waals surface area contributed by atoms with Crippen molar-refractivity contribution < 1.29 is 23.1 Å². The van der Waals surface area contributed by atoms with Gasteiger partial charge in [0.2, 0.25) is 0 Å². The number of anilines is 1. The van der Waals surface area contributed by atoms with Crippen molar-refractivity contribution in [2.45, 2.75) is 13.5 Å². The van der Waals surface area contributed by atoms with Gasteiger partial charge in [-0.25, -0.2) is 8.78 Å². The lowest BCUT2D eigenvalue weighted by Crippen LogP contribution is -2.26. The second-order valence-corrected chi connectivity index (χ2v) is 6.63. The number of hydrogen-bond donors (Lipinski definition) is 2. The monoisotopic (exact) mass is 410 g/mol. The molecular weight excluding hydrogens is 390 g/mol. The third-order valence-electron chi connectivity index (χ3n) is 4.27. The minimum Gasteiger partial charge on any atom is -0.481 e. The minimum absolute atomic E-state index is 0.240. The molecule has 0 bridgehead atoms. The maximum absolute atomic E-state index is 13.6. The molecule has 0 saturated carbocycles. The topological polar surface area (TPSA) is 67.4 Å². The summed E-state index contributed by atoms with van der Waals surface area (Å²) >= 11 is 0. The van der Waals surface area contributed by atoms with Crippen molar-refractivity contribution in [3.63, 3.8) is 0 Å². The number of para-hydroxylation sites is 1. The van der Waals surface area contributed by atoms with E-state index in [1.54, 1.807) is 24.3 Å². The van der Waals surface area contributed by atoms with Crippen LogP contribution in [0.4, 0.5) is 14.5 Å². The Morgan fingerprint density at radius 1 is 0.967 bits per heavy atom. The first-order valence-corrected chi connectivity index (χ1v) is 9.23. The summed E-state index contributed by atoms with van der Waals surface area (Å²) in [4.78, 5) is 24.8. The molecule has 2 N–H and O–H groups in total. The average molecular weight is 410 g/mol. The Morgan fingerprint density at radius 3 is 2.43 bits per heavy atom. The summed E-state index contributed by atoms with van der Waals surface area (Å²) in [5, 5.41) is 5.39. The van der Waals surface area contributed by atoms with E-state index in [0.717, 1.165) is 23.3 Å². The Hall–Kier alpha value is -3.74. The molecule has 154 valence electrons. The Balaban J connectivity index is 1.60. The van der Waals surface area contributed by atoms with E-state index in [1.807, 2.05) is 31.2 Å². The molecule has 0 atom stereocenters. The zero-order valence-corrected chi connectivity index (χ0v) is 16.2. The zero-order valence-electron chi connectivity index (χ0n) is 16.2. The molecule has 0 saturated heterocycles. The number of halogens is 2.